The van der Waals surface area contributed by atoms with Crippen LogP contribution in [-0.4, -0.2) is 35.8 Å². The molecule has 5 heteroatoms. The predicted molar refractivity (Wildman–Crippen MR) is 70.7 cm³/mol. The first-order valence-electron chi connectivity index (χ1n) is 6.81. The van der Waals surface area contributed by atoms with E-state index in [2.05, 4.69) is 5.32 Å². The second kappa shape index (κ2) is 6.41. The molecule has 0 bridgehead atoms. The molecule has 1 fully saturated rings. The highest BCUT2D eigenvalue weighted by molar-refractivity contribution is 5.95. The van der Waals surface area contributed by atoms with Gasteiger partial charge in [-0.25, -0.2) is 0 Å². The summed E-state index contributed by atoms with van der Waals surface area (Å²) in [7, 11) is 0. The fraction of sp³-hybridized carbons (Fsp3) is 0.571. The molecule has 0 unspecified atom stereocenters. The number of amides is 2. The lowest BCUT2D eigenvalue weighted by Gasteiger charge is -2.24. The molecule has 0 radical (unpaired) electrons. The first-order chi connectivity index (χ1) is 9.18. The minimum atomic E-state index is -0.518. The summed E-state index contributed by atoms with van der Waals surface area (Å²) in [6.07, 6.45) is 5.89. The van der Waals surface area contributed by atoms with Crippen LogP contribution in [0.4, 0.5) is 0 Å². The summed E-state index contributed by atoms with van der Waals surface area (Å²) in [5.74, 6) is -0.127. The van der Waals surface area contributed by atoms with E-state index < -0.39 is 6.04 Å². The van der Waals surface area contributed by atoms with Crippen molar-refractivity contribution in [2.24, 2.45) is 0 Å². The normalized spacial score (nSPS) is 17.6. The second-order valence-electron chi connectivity index (χ2n) is 4.91. The number of rotatable bonds is 3. The Morgan fingerprint density at radius 1 is 1.26 bits per heavy atom. The Balaban J connectivity index is 1.89. The van der Waals surface area contributed by atoms with Gasteiger partial charge in [0, 0.05) is 13.1 Å². The fourth-order valence-corrected chi connectivity index (χ4v) is 2.30. The smallest absolute Gasteiger partial charge is 0.287 e. The van der Waals surface area contributed by atoms with Crippen molar-refractivity contribution in [1.29, 1.82) is 0 Å². The SMILES string of the molecule is C[C@H](NC(=O)c1ccco1)C(=O)N1CCCCCC1. The number of furan rings is 1. The third kappa shape index (κ3) is 3.59. The van der Waals surface area contributed by atoms with Gasteiger partial charge in [0.2, 0.25) is 5.91 Å². The zero-order valence-corrected chi connectivity index (χ0v) is 11.2. The predicted octanol–water partition coefficient (Wildman–Crippen LogP) is 1.80. The lowest BCUT2D eigenvalue weighted by molar-refractivity contribution is -0.132. The van der Waals surface area contributed by atoms with Crippen molar-refractivity contribution in [3.05, 3.63) is 24.2 Å². The van der Waals surface area contributed by atoms with Crippen molar-refractivity contribution in [1.82, 2.24) is 10.2 Å². The lowest BCUT2D eigenvalue weighted by Crippen LogP contribution is -2.47. The highest BCUT2D eigenvalue weighted by atomic mass is 16.3. The Morgan fingerprint density at radius 3 is 2.53 bits per heavy atom. The Morgan fingerprint density at radius 2 is 1.95 bits per heavy atom. The molecule has 1 aliphatic rings. The first-order valence-corrected chi connectivity index (χ1v) is 6.81. The molecule has 0 spiro atoms. The molecule has 5 nitrogen and oxygen atoms in total. The van der Waals surface area contributed by atoms with Crippen LogP contribution >= 0.6 is 0 Å². The van der Waals surface area contributed by atoms with Crippen LogP contribution in [0.1, 0.15) is 43.2 Å². The minimum absolute atomic E-state index is 0.0122. The van der Waals surface area contributed by atoms with E-state index in [-0.39, 0.29) is 17.6 Å². The summed E-state index contributed by atoms with van der Waals surface area (Å²) in [5, 5.41) is 2.68. The van der Waals surface area contributed by atoms with Crippen molar-refractivity contribution in [2.45, 2.75) is 38.6 Å². The summed E-state index contributed by atoms with van der Waals surface area (Å²) in [6, 6.07) is 2.71. The Hall–Kier alpha value is -1.78. The number of nitrogens with one attached hydrogen (secondary N) is 1. The maximum absolute atomic E-state index is 12.2. The zero-order chi connectivity index (χ0) is 13.7. The first kappa shape index (κ1) is 13.6. The van der Waals surface area contributed by atoms with Crippen LogP contribution in [0.15, 0.2) is 22.8 Å². The highest BCUT2D eigenvalue weighted by Gasteiger charge is 2.23. The third-order valence-corrected chi connectivity index (χ3v) is 3.38. The molecule has 2 heterocycles. The van der Waals surface area contributed by atoms with Gasteiger partial charge >= 0.3 is 0 Å². The Bertz CT molecular complexity index is 420. The molecule has 1 aliphatic heterocycles. The fourth-order valence-electron chi connectivity index (χ4n) is 2.30. The number of carbonyl (C=O) groups is 2. The van der Waals surface area contributed by atoms with E-state index in [9.17, 15) is 9.59 Å². The van der Waals surface area contributed by atoms with Crippen molar-refractivity contribution in [2.75, 3.05) is 13.1 Å². The largest absolute Gasteiger partial charge is 0.459 e. The van der Waals surface area contributed by atoms with Crippen molar-refractivity contribution in [3.8, 4) is 0 Å². The molecule has 0 aromatic carbocycles. The van der Waals surface area contributed by atoms with Crippen molar-refractivity contribution >= 4 is 11.8 Å². The van der Waals surface area contributed by atoms with E-state index in [0.29, 0.717) is 0 Å². The number of hydrogen-bond acceptors (Lipinski definition) is 3. The number of hydrogen-bond donors (Lipinski definition) is 1. The molecule has 104 valence electrons. The van der Waals surface area contributed by atoms with Crippen LogP contribution in [0.25, 0.3) is 0 Å². The monoisotopic (exact) mass is 264 g/mol. The van der Waals surface area contributed by atoms with E-state index in [4.69, 9.17) is 4.42 Å². The van der Waals surface area contributed by atoms with E-state index in [1.165, 1.54) is 19.1 Å². The quantitative estimate of drug-likeness (QED) is 0.905. The summed E-state index contributed by atoms with van der Waals surface area (Å²) in [5.41, 5.74) is 0. The van der Waals surface area contributed by atoms with Gasteiger partial charge in [0.25, 0.3) is 5.91 Å². The van der Waals surface area contributed by atoms with Crippen molar-refractivity contribution in [3.63, 3.8) is 0 Å². The summed E-state index contributed by atoms with van der Waals surface area (Å²) < 4.78 is 5.00. The topological polar surface area (TPSA) is 62.6 Å². The van der Waals surface area contributed by atoms with Crippen LogP contribution in [0.3, 0.4) is 0 Å². The summed E-state index contributed by atoms with van der Waals surface area (Å²) in [6.45, 7) is 3.30. The molecule has 1 saturated heterocycles. The highest BCUT2D eigenvalue weighted by Crippen LogP contribution is 2.11. The zero-order valence-electron chi connectivity index (χ0n) is 11.2. The molecular weight excluding hydrogens is 244 g/mol. The maximum Gasteiger partial charge on any atom is 0.287 e. The lowest BCUT2D eigenvalue weighted by atomic mass is 10.2. The number of likely N-dealkylation sites (tertiary alicyclic amines) is 1. The van der Waals surface area contributed by atoms with Gasteiger partial charge < -0.3 is 14.6 Å². The van der Waals surface area contributed by atoms with Gasteiger partial charge in [-0.15, -0.1) is 0 Å². The van der Waals surface area contributed by atoms with E-state index in [1.54, 1.807) is 19.1 Å². The van der Waals surface area contributed by atoms with Gasteiger partial charge in [-0.05, 0) is 31.9 Å². The molecule has 1 atom stereocenters. The van der Waals surface area contributed by atoms with Crippen LogP contribution in [0.5, 0.6) is 0 Å². The van der Waals surface area contributed by atoms with Gasteiger partial charge in [0.05, 0.1) is 6.26 Å². The van der Waals surface area contributed by atoms with Crippen molar-refractivity contribution < 1.29 is 14.0 Å². The van der Waals surface area contributed by atoms with Crippen LogP contribution in [-0.2, 0) is 4.79 Å². The van der Waals surface area contributed by atoms with Crippen LogP contribution in [0, 0.1) is 0 Å². The summed E-state index contributed by atoms with van der Waals surface area (Å²) >= 11 is 0. The Kier molecular flexibility index (Phi) is 4.60. The molecule has 2 rings (SSSR count). The van der Waals surface area contributed by atoms with Crippen LogP contribution in [0.2, 0.25) is 0 Å². The molecular formula is C14H20N2O3. The standard InChI is InChI=1S/C14H20N2O3/c1-11(15-13(17)12-7-6-10-19-12)14(18)16-8-4-2-3-5-9-16/h6-7,10-11H,2-5,8-9H2,1H3,(H,15,17)/t11-/m0/s1. The molecule has 19 heavy (non-hydrogen) atoms. The van der Waals surface area contributed by atoms with Gasteiger partial charge in [-0.2, -0.15) is 0 Å². The molecule has 0 saturated carbocycles. The number of nitrogens with zero attached hydrogens (tertiary/aromatic N) is 1. The van der Waals surface area contributed by atoms with Gasteiger partial charge in [-0.1, -0.05) is 12.8 Å². The molecule has 1 aromatic heterocycles. The number of carbonyl (C=O) groups excluding carboxylic acids is 2. The molecule has 1 aromatic rings. The molecule has 1 N–H and O–H groups in total. The minimum Gasteiger partial charge on any atom is -0.459 e. The van der Waals surface area contributed by atoms with Gasteiger partial charge in [0.15, 0.2) is 5.76 Å². The third-order valence-electron chi connectivity index (χ3n) is 3.38. The van der Waals surface area contributed by atoms with E-state index in [0.717, 1.165) is 25.9 Å². The Labute approximate surface area is 113 Å². The van der Waals surface area contributed by atoms with Gasteiger partial charge in [0.1, 0.15) is 6.04 Å². The molecule has 2 amide bonds. The van der Waals surface area contributed by atoms with Crippen LogP contribution < -0.4 is 5.32 Å². The average molecular weight is 264 g/mol. The second-order valence-corrected chi connectivity index (χ2v) is 4.91. The van der Waals surface area contributed by atoms with E-state index >= 15 is 0 Å². The molecule has 0 aliphatic carbocycles. The average Bonchev–Trinajstić information content (AvgIpc) is 2.81. The van der Waals surface area contributed by atoms with E-state index in [1.807, 2.05) is 4.90 Å². The summed E-state index contributed by atoms with van der Waals surface area (Å²) in [4.78, 5) is 25.9. The maximum atomic E-state index is 12.2. The van der Waals surface area contributed by atoms with Gasteiger partial charge in [-0.3, -0.25) is 9.59 Å².